The van der Waals surface area contributed by atoms with Gasteiger partial charge >= 0.3 is 0 Å². The van der Waals surface area contributed by atoms with Crippen LogP contribution in [0.2, 0.25) is 0 Å². The average molecular weight is 293 g/mol. The largest absolute Gasteiger partial charge is 0.379 e. The molecule has 0 aromatic carbocycles. The summed E-state index contributed by atoms with van der Waals surface area (Å²) in [6.07, 6.45) is 1.96. The fourth-order valence-corrected chi connectivity index (χ4v) is 2.09. The lowest BCUT2D eigenvalue weighted by atomic mass is 10.3. The van der Waals surface area contributed by atoms with Crippen LogP contribution in [0.25, 0.3) is 0 Å². The molecule has 2 rings (SSSR count). The van der Waals surface area contributed by atoms with Crippen molar-refractivity contribution in [2.75, 3.05) is 56.6 Å². The van der Waals surface area contributed by atoms with Crippen LogP contribution in [0.1, 0.15) is 6.42 Å². The molecule has 1 fully saturated rings. The highest BCUT2D eigenvalue weighted by Gasteiger charge is 2.09. The summed E-state index contributed by atoms with van der Waals surface area (Å²) in [6, 6.07) is 3.69. The monoisotopic (exact) mass is 293 g/mol. The number of anilines is 2. The molecule has 1 aromatic heterocycles. The Morgan fingerprint density at radius 2 is 2.19 bits per heavy atom. The molecule has 0 aliphatic carbocycles. The molecule has 1 saturated heterocycles. The van der Waals surface area contributed by atoms with Gasteiger partial charge in [-0.15, -0.1) is 0 Å². The van der Waals surface area contributed by atoms with E-state index in [0.29, 0.717) is 18.7 Å². The summed E-state index contributed by atoms with van der Waals surface area (Å²) in [6.45, 7) is 5.76. The minimum absolute atomic E-state index is 0.0904. The Morgan fingerprint density at radius 1 is 1.38 bits per heavy atom. The standard InChI is InChI=1S/C14H23N5O2/c15-4-3-14(20)18-12-1-2-13(17-11-12)16-5-6-19-7-9-21-10-8-19/h1-2,11H,3-10,15H2,(H,16,17)(H,18,20). The van der Waals surface area contributed by atoms with Crippen LogP contribution in [-0.4, -0.2) is 61.7 Å². The van der Waals surface area contributed by atoms with E-state index in [9.17, 15) is 4.79 Å². The van der Waals surface area contributed by atoms with E-state index in [-0.39, 0.29) is 5.91 Å². The lowest BCUT2D eigenvalue weighted by Gasteiger charge is -2.26. The minimum Gasteiger partial charge on any atom is -0.379 e. The van der Waals surface area contributed by atoms with Gasteiger partial charge in [-0.3, -0.25) is 9.69 Å². The van der Waals surface area contributed by atoms with Gasteiger partial charge in [0.15, 0.2) is 0 Å². The first-order chi connectivity index (χ1) is 10.3. The minimum atomic E-state index is -0.0904. The molecule has 0 saturated carbocycles. The third-order valence-corrected chi connectivity index (χ3v) is 3.26. The summed E-state index contributed by atoms with van der Waals surface area (Å²) in [5, 5.41) is 6.02. The van der Waals surface area contributed by atoms with Crippen molar-refractivity contribution >= 4 is 17.4 Å². The summed E-state index contributed by atoms with van der Waals surface area (Å²) in [5.74, 6) is 0.715. The zero-order valence-electron chi connectivity index (χ0n) is 12.2. The van der Waals surface area contributed by atoms with Crippen LogP contribution in [0.15, 0.2) is 18.3 Å². The lowest BCUT2D eigenvalue weighted by Crippen LogP contribution is -2.39. The van der Waals surface area contributed by atoms with E-state index in [1.54, 1.807) is 6.20 Å². The number of amides is 1. The normalized spacial score (nSPS) is 15.7. The fraction of sp³-hybridized carbons (Fsp3) is 0.571. The number of pyridine rings is 1. The van der Waals surface area contributed by atoms with Crippen LogP contribution in [0.5, 0.6) is 0 Å². The SMILES string of the molecule is NCCC(=O)Nc1ccc(NCCN2CCOCC2)nc1. The number of rotatable bonds is 7. The van der Waals surface area contributed by atoms with Crippen molar-refractivity contribution in [2.45, 2.75) is 6.42 Å². The van der Waals surface area contributed by atoms with Crippen molar-refractivity contribution in [3.8, 4) is 0 Å². The Balaban J connectivity index is 1.70. The lowest BCUT2D eigenvalue weighted by molar-refractivity contribution is -0.116. The van der Waals surface area contributed by atoms with Crippen molar-refractivity contribution in [1.82, 2.24) is 9.88 Å². The Labute approximate surface area is 124 Å². The molecule has 0 unspecified atom stereocenters. The van der Waals surface area contributed by atoms with Gasteiger partial charge in [0.25, 0.3) is 0 Å². The molecule has 2 heterocycles. The second-order valence-electron chi connectivity index (χ2n) is 4.90. The van der Waals surface area contributed by atoms with E-state index in [1.807, 2.05) is 12.1 Å². The molecule has 1 amide bonds. The van der Waals surface area contributed by atoms with Gasteiger partial charge in [0.2, 0.25) is 5.91 Å². The summed E-state index contributed by atoms with van der Waals surface area (Å²) < 4.78 is 5.31. The van der Waals surface area contributed by atoms with Crippen molar-refractivity contribution in [1.29, 1.82) is 0 Å². The number of morpholine rings is 1. The predicted molar refractivity (Wildman–Crippen MR) is 82.3 cm³/mol. The van der Waals surface area contributed by atoms with Crippen LogP contribution >= 0.6 is 0 Å². The van der Waals surface area contributed by atoms with Gasteiger partial charge < -0.3 is 21.1 Å². The predicted octanol–water partition coefficient (Wildman–Crippen LogP) is 0.113. The number of nitrogens with zero attached hydrogens (tertiary/aromatic N) is 2. The molecule has 0 radical (unpaired) electrons. The van der Waals surface area contributed by atoms with Crippen LogP contribution < -0.4 is 16.4 Å². The Morgan fingerprint density at radius 3 is 2.86 bits per heavy atom. The number of nitrogens with one attached hydrogen (secondary N) is 2. The first-order valence-electron chi connectivity index (χ1n) is 7.28. The van der Waals surface area contributed by atoms with E-state index < -0.39 is 0 Å². The fourth-order valence-electron chi connectivity index (χ4n) is 2.09. The van der Waals surface area contributed by atoms with E-state index >= 15 is 0 Å². The summed E-state index contributed by atoms with van der Waals surface area (Å²) >= 11 is 0. The summed E-state index contributed by atoms with van der Waals surface area (Å²) in [7, 11) is 0. The highest BCUT2D eigenvalue weighted by molar-refractivity contribution is 5.90. The van der Waals surface area contributed by atoms with Gasteiger partial charge in [-0.1, -0.05) is 0 Å². The van der Waals surface area contributed by atoms with Gasteiger partial charge in [-0.25, -0.2) is 4.98 Å². The Kier molecular flexibility index (Phi) is 6.39. The molecule has 21 heavy (non-hydrogen) atoms. The number of aromatic nitrogens is 1. The number of carbonyl (C=O) groups is 1. The smallest absolute Gasteiger partial charge is 0.225 e. The van der Waals surface area contributed by atoms with E-state index in [1.165, 1.54) is 0 Å². The van der Waals surface area contributed by atoms with Gasteiger partial charge in [0.05, 0.1) is 25.1 Å². The molecule has 1 aliphatic heterocycles. The van der Waals surface area contributed by atoms with Gasteiger partial charge in [0, 0.05) is 39.1 Å². The Hall–Kier alpha value is -1.70. The third kappa shape index (κ3) is 5.66. The van der Waals surface area contributed by atoms with E-state index in [2.05, 4.69) is 20.5 Å². The molecular formula is C14H23N5O2. The average Bonchev–Trinajstić information content (AvgIpc) is 2.50. The highest BCUT2D eigenvalue weighted by Crippen LogP contribution is 2.09. The molecule has 7 nitrogen and oxygen atoms in total. The third-order valence-electron chi connectivity index (χ3n) is 3.26. The van der Waals surface area contributed by atoms with Crippen molar-refractivity contribution in [2.24, 2.45) is 5.73 Å². The molecule has 4 N–H and O–H groups in total. The van der Waals surface area contributed by atoms with Crippen LogP contribution in [0, 0.1) is 0 Å². The van der Waals surface area contributed by atoms with Crippen LogP contribution in [0.3, 0.4) is 0 Å². The van der Waals surface area contributed by atoms with Crippen molar-refractivity contribution in [3.63, 3.8) is 0 Å². The van der Waals surface area contributed by atoms with Crippen LogP contribution in [0.4, 0.5) is 11.5 Å². The number of nitrogens with two attached hydrogens (primary N) is 1. The molecule has 1 aliphatic rings. The van der Waals surface area contributed by atoms with Gasteiger partial charge in [0.1, 0.15) is 5.82 Å². The van der Waals surface area contributed by atoms with Gasteiger partial charge in [-0.05, 0) is 12.1 Å². The number of hydrogen-bond acceptors (Lipinski definition) is 6. The zero-order valence-corrected chi connectivity index (χ0v) is 12.2. The second kappa shape index (κ2) is 8.56. The molecule has 0 bridgehead atoms. The number of hydrogen-bond donors (Lipinski definition) is 3. The molecule has 0 atom stereocenters. The Bertz CT molecular complexity index is 431. The number of carbonyl (C=O) groups excluding carboxylic acids is 1. The van der Waals surface area contributed by atoms with Crippen LogP contribution in [-0.2, 0) is 9.53 Å². The summed E-state index contributed by atoms with van der Waals surface area (Å²) in [5.41, 5.74) is 6.01. The first-order valence-corrected chi connectivity index (χ1v) is 7.28. The molecular weight excluding hydrogens is 270 g/mol. The van der Waals surface area contributed by atoms with E-state index in [0.717, 1.165) is 45.2 Å². The first kappa shape index (κ1) is 15.7. The molecule has 0 spiro atoms. The number of ether oxygens (including phenoxy) is 1. The molecule has 1 aromatic rings. The molecule has 116 valence electrons. The van der Waals surface area contributed by atoms with Crippen molar-refractivity contribution in [3.05, 3.63) is 18.3 Å². The zero-order chi connectivity index (χ0) is 14.9. The summed E-state index contributed by atoms with van der Waals surface area (Å²) in [4.78, 5) is 18.0. The molecule has 7 heteroatoms. The van der Waals surface area contributed by atoms with Crippen molar-refractivity contribution < 1.29 is 9.53 Å². The maximum absolute atomic E-state index is 11.4. The second-order valence-corrected chi connectivity index (χ2v) is 4.90. The maximum atomic E-state index is 11.4. The highest BCUT2D eigenvalue weighted by atomic mass is 16.5. The quantitative estimate of drug-likeness (QED) is 0.661. The van der Waals surface area contributed by atoms with Gasteiger partial charge in [-0.2, -0.15) is 0 Å². The van der Waals surface area contributed by atoms with E-state index in [4.69, 9.17) is 10.5 Å². The topological polar surface area (TPSA) is 92.5 Å². The maximum Gasteiger partial charge on any atom is 0.225 e.